The molecule has 23 heavy (non-hydrogen) atoms. The van der Waals surface area contributed by atoms with Gasteiger partial charge in [0.25, 0.3) is 5.88 Å². The standard InChI is InChI=1S/C17H19N3O3/c1-22-12-14-3-2-10-20(14)16-17(19-9-8-18-16)23-15-6-4-13(11-21)5-7-15/h4-9,11,14H,2-3,10,12H2,1H3. The van der Waals surface area contributed by atoms with Crippen LogP contribution in [-0.2, 0) is 4.74 Å². The van der Waals surface area contributed by atoms with Crippen molar-refractivity contribution in [1.82, 2.24) is 9.97 Å². The molecule has 1 aliphatic rings. The fourth-order valence-corrected chi connectivity index (χ4v) is 2.79. The fourth-order valence-electron chi connectivity index (χ4n) is 2.79. The topological polar surface area (TPSA) is 64.6 Å². The molecule has 0 aliphatic carbocycles. The minimum absolute atomic E-state index is 0.288. The number of rotatable bonds is 6. The summed E-state index contributed by atoms with van der Waals surface area (Å²) in [6.07, 6.45) is 6.24. The number of anilines is 1. The van der Waals surface area contributed by atoms with E-state index in [1.165, 1.54) is 0 Å². The molecule has 0 saturated carbocycles. The van der Waals surface area contributed by atoms with Gasteiger partial charge in [0, 0.05) is 31.6 Å². The lowest BCUT2D eigenvalue weighted by molar-refractivity contribution is 0.112. The van der Waals surface area contributed by atoms with Gasteiger partial charge in [0.1, 0.15) is 12.0 Å². The first kappa shape index (κ1) is 15.4. The van der Waals surface area contributed by atoms with Crippen molar-refractivity contribution >= 4 is 12.1 Å². The summed E-state index contributed by atoms with van der Waals surface area (Å²) >= 11 is 0. The number of methoxy groups -OCH3 is 1. The lowest BCUT2D eigenvalue weighted by Crippen LogP contribution is -2.33. The molecule has 6 heteroatoms. The van der Waals surface area contributed by atoms with Gasteiger partial charge in [0.15, 0.2) is 5.82 Å². The maximum Gasteiger partial charge on any atom is 0.263 e. The fraction of sp³-hybridized carbons (Fsp3) is 0.353. The maximum absolute atomic E-state index is 10.7. The van der Waals surface area contributed by atoms with Crippen molar-refractivity contribution in [3.8, 4) is 11.6 Å². The van der Waals surface area contributed by atoms with Crippen LogP contribution in [0.25, 0.3) is 0 Å². The second-order valence-electron chi connectivity index (χ2n) is 5.42. The second kappa shape index (κ2) is 7.19. The molecule has 0 radical (unpaired) electrons. The first-order valence-corrected chi connectivity index (χ1v) is 7.61. The van der Waals surface area contributed by atoms with Crippen LogP contribution in [0, 0.1) is 0 Å². The third kappa shape index (κ3) is 3.48. The molecule has 1 saturated heterocycles. The van der Waals surface area contributed by atoms with E-state index >= 15 is 0 Å². The van der Waals surface area contributed by atoms with Crippen LogP contribution in [0.15, 0.2) is 36.7 Å². The Labute approximate surface area is 135 Å². The molecule has 3 rings (SSSR count). The molecule has 1 fully saturated rings. The number of hydrogen-bond acceptors (Lipinski definition) is 6. The summed E-state index contributed by atoms with van der Waals surface area (Å²) < 4.78 is 11.2. The molecule has 1 atom stereocenters. The summed E-state index contributed by atoms with van der Waals surface area (Å²) in [4.78, 5) is 21.7. The van der Waals surface area contributed by atoms with Crippen LogP contribution in [0.2, 0.25) is 0 Å². The van der Waals surface area contributed by atoms with E-state index in [-0.39, 0.29) is 6.04 Å². The van der Waals surface area contributed by atoms with Gasteiger partial charge in [-0.15, -0.1) is 0 Å². The monoisotopic (exact) mass is 313 g/mol. The molecule has 2 aromatic rings. The van der Waals surface area contributed by atoms with Crippen LogP contribution >= 0.6 is 0 Å². The van der Waals surface area contributed by atoms with E-state index < -0.39 is 0 Å². The second-order valence-corrected chi connectivity index (χ2v) is 5.42. The van der Waals surface area contributed by atoms with E-state index in [0.29, 0.717) is 23.8 Å². The minimum Gasteiger partial charge on any atom is -0.436 e. The molecule has 0 amide bonds. The first-order valence-electron chi connectivity index (χ1n) is 7.61. The highest BCUT2D eigenvalue weighted by Gasteiger charge is 2.28. The summed E-state index contributed by atoms with van der Waals surface area (Å²) in [5.41, 5.74) is 0.608. The van der Waals surface area contributed by atoms with Crippen molar-refractivity contribution in [2.45, 2.75) is 18.9 Å². The molecule has 0 spiro atoms. The van der Waals surface area contributed by atoms with Crippen LogP contribution in [0.4, 0.5) is 5.82 Å². The highest BCUT2D eigenvalue weighted by molar-refractivity contribution is 5.74. The third-order valence-corrected chi connectivity index (χ3v) is 3.89. The Kier molecular flexibility index (Phi) is 4.83. The highest BCUT2D eigenvalue weighted by Crippen LogP contribution is 2.32. The van der Waals surface area contributed by atoms with Crippen LogP contribution in [0.1, 0.15) is 23.2 Å². The SMILES string of the molecule is COCC1CCCN1c1nccnc1Oc1ccc(C=O)cc1. The van der Waals surface area contributed by atoms with E-state index in [1.807, 2.05) is 0 Å². The van der Waals surface area contributed by atoms with Gasteiger partial charge in [-0.1, -0.05) is 0 Å². The predicted octanol–water partition coefficient (Wildman–Crippen LogP) is 2.70. The number of aldehydes is 1. The summed E-state index contributed by atoms with van der Waals surface area (Å²) in [7, 11) is 1.71. The Hall–Kier alpha value is -2.47. The van der Waals surface area contributed by atoms with Crippen LogP contribution < -0.4 is 9.64 Å². The smallest absolute Gasteiger partial charge is 0.263 e. The van der Waals surface area contributed by atoms with Crippen molar-refractivity contribution in [1.29, 1.82) is 0 Å². The zero-order valence-electron chi connectivity index (χ0n) is 13.0. The summed E-state index contributed by atoms with van der Waals surface area (Å²) in [6, 6.07) is 7.21. The van der Waals surface area contributed by atoms with Crippen molar-refractivity contribution in [3.05, 3.63) is 42.2 Å². The summed E-state index contributed by atoms with van der Waals surface area (Å²) in [5.74, 6) is 1.82. The van der Waals surface area contributed by atoms with Gasteiger partial charge in [-0.3, -0.25) is 4.79 Å². The van der Waals surface area contributed by atoms with E-state index in [9.17, 15) is 4.79 Å². The number of hydrogen-bond donors (Lipinski definition) is 0. The lowest BCUT2D eigenvalue weighted by Gasteiger charge is -2.26. The Balaban J connectivity index is 1.83. The number of nitrogens with zero attached hydrogens (tertiary/aromatic N) is 3. The van der Waals surface area contributed by atoms with Crippen molar-refractivity contribution in [3.63, 3.8) is 0 Å². The predicted molar refractivity (Wildman–Crippen MR) is 86.2 cm³/mol. The normalized spacial score (nSPS) is 17.3. The Morgan fingerprint density at radius 1 is 1.26 bits per heavy atom. The Morgan fingerprint density at radius 3 is 2.78 bits per heavy atom. The van der Waals surface area contributed by atoms with Crippen molar-refractivity contribution in [2.24, 2.45) is 0 Å². The first-order chi connectivity index (χ1) is 11.3. The van der Waals surface area contributed by atoms with Crippen molar-refractivity contribution < 1.29 is 14.3 Å². The zero-order chi connectivity index (χ0) is 16.1. The molecule has 120 valence electrons. The molecule has 1 unspecified atom stereocenters. The number of carbonyl (C=O) groups excluding carboxylic acids is 1. The summed E-state index contributed by atoms with van der Waals surface area (Å²) in [5, 5.41) is 0. The average Bonchev–Trinajstić information content (AvgIpc) is 3.04. The largest absolute Gasteiger partial charge is 0.436 e. The molecule has 0 bridgehead atoms. The van der Waals surface area contributed by atoms with Gasteiger partial charge in [-0.2, -0.15) is 0 Å². The Bertz CT molecular complexity index is 660. The third-order valence-electron chi connectivity index (χ3n) is 3.89. The molecule has 0 N–H and O–H groups in total. The Morgan fingerprint density at radius 2 is 2.04 bits per heavy atom. The molecule has 1 aliphatic heterocycles. The number of ether oxygens (including phenoxy) is 2. The average molecular weight is 313 g/mol. The zero-order valence-corrected chi connectivity index (χ0v) is 13.0. The van der Waals surface area contributed by atoms with Gasteiger partial charge < -0.3 is 14.4 Å². The van der Waals surface area contributed by atoms with Gasteiger partial charge in [0.2, 0.25) is 0 Å². The van der Waals surface area contributed by atoms with E-state index in [1.54, 1.807) is 43.8 Å². The molecule has 1 aromatic heterocycles. The quantitative estimate of drug-likeness (QED) is 0.764. The molecule has 1 aromatic carbocycles. The lowest BCUT2D eigenvalue weighted by atomic mass is 10.2. The van der Waals surface area contributed by atoms with Crippen LogP contribution in [0.5, 0.6) is 11.6 Å². The molecule has 6 nitrogen and oxygen atoms in total. The van der Waals surface area contributed by atoms with E-state index in [0.717, 1.165) is 31.5 Å². The van der Waals surface area contributed by atoms with Crippen LogP contribution in [0.3, 0.4) is 0 Å². The van der Waals surface area contributed by atoms with Gasteiger partial charge in [0.05, 0.1) is 12.6 Å². The van der Waals surface area contributed by atoms with E-state index in [4.69, 9.17) is 9.47 Å². The van der Waals surface area contributed by atoms with Crippen molar-refractivity contribution in [2.75, 3.05) is 25.2 Å². The highest BCUT2D eigenvalue weighted by atomic mass is 16.5. The van der Waals surface area contributed by atoms with E-state index in [2.05, 4.69) is 14.9 Å². The van der Waals surface area contributed by atoms with Crippen LogP contribution in [-0.4, -0.2) is 42.6 Å². The van der Waals surface area contributed by atoms with Gasteiger partial charge in [-0.25, -0.2) is 9.97 Å². The minimum atomic E-state index is 0.288. The molecular formula is C17H19N3O3. The maximum atomic E-state index is 10.7. The summed E-state index contributed by atoms with van der Waals surface area (Å²) in [6.45, 7) is 1.57. The molecular weight excluding hydrogens is 294 g/mol. The number of carbonyl (C=O) groups is 1. The van der Waals surface area contributed by atoms with Gasteiger partial charge >= 0.3 is 0 Å². The van der Waals surface area contributed by atoms with Gasteiger partial charge in [-0.05, 0) is 37.1 Å². The number of benzene rings is 1. The molecule has 2 heterocycles. The number of aromatic nitrogens is 2.